The van der Waals surface area contributed by atoms with E-state index in [2.05, 4.69) is 17.2 Å². The van der Waals surface area contributed by atoms with Crippen LogP contribution in [0.4, 0.5) is 0 Å². The average Bonchev–Trinajstić information content (AvgIpc) is 3.24. The van der Waals surface area contributed by atoms with E-state index in [1.807, 2.05) is 53.3 Å². The highest BCUT2D eigenvalue weighted by molar-refractivity contribution is 5.81. The molecule has 0 spiro atoms. The smallest absolute Gasteiger partial charge is 0.223 e. The Morgan fingerprint density at radius 2 is 1.92 bits per heavy atom. The van der Waals surface area contributed by atoms with Crippen molar-refractivity contribution in [3.05, 3.63) is 66.6 Å². The molecular weight excluding hydrogens is 312 g/mol. The van der Waals surface area contributed by atoms with Gasteiger partial charge in [-0.3, -0.25) is 9.78 Å². The second-order valence-electron chi connectivity index (χ2n) is 6.56. The monoisotopic (exact) mass is 332 g/mol. The second kappa shape index (κ2) is 6.51. The summed E-state index contributed by atoms with van der Waals surface area (Å²) in [5, 5.41) is 7.80. The summed E-state index contributed by atoms with van der Waals surface area (Å²) < 4.78 is 1.86. The first-order chi connectivity index (χ1) is 12.2. The number of pyridine rings is 1. The highest BCUT2D eigenvalue weighted by Gasteiger charge is 2.38. The molecule has 1 aromatic carbocycles. The number of nitrogens with zero attached hydrogens (tertiary/aromatic N) is 3. The van der Waals surface area contributed by atoms with Crippen molar-refractivity contribution in [2.75, 3.05) is 0 Å². The van der Waals surface area contributed by atoms with Crippen molar-refractivity contribution in [1.29, 1.82) is 0 Å². The van der Waals surface area contributed by atoms with Gasteiger partial charge >= 0.3 is 0 Å². The lowest BCUT2D eigenvalue weighted by Crippen LogP contribution is -2.24. The Kier molecular flexibility index (Phi) is 4.06. The average molecular weight is 332 g/mol. The zero-order valence-corrected chi connectivity index (χ0v) is 14.1. The van der Waals surface area contributed by atoms with E-state index in [4.69, 9.17) is 5.10 Å². The number of para-hydroxylation sites is 1. The third kappa shape index (κ3) is 3.31. The summed E-state index contributed by atoms with van der Waals surface area (Å²) in [5.41, 5.74) is 3.85. The van der Waals surface area contributed by atoms with E-state index in [1.54, 1.807) is 12.4 Å². The molecule has 2 unspecified atom stereocenters. The Bertz CT molecular complexity index is 873. The summed E-state index contributed by atoms with van der Waals surface area (Å²) in [6.45, 7) is 2.59. The summed E-state index contributed by atoms with van der Waals surface area (Å²) in [4.78, 5) is 16.2. The van der Waals surface area contributed by atoms with Gasteiger partial charge < -0.3 is 5.32 Å². The van der Waals surface area contributed by atoms with E-state index in [0.29, 0.717) is 12.5 Å². The van der Waals surface area contributed by atoms with Gasteiger partial charge in [0.25, 0.3) is 0 Å². The van der Waals surface area contributed by atoms with Crippen LogP contribution >= 0.6 is 0 Å². The van der Waals surface area contributed by atoms with Crippen molar-refractivity contribution in [1.82, 2.24) is 20.1 Å². The Labute approximate surface area is 146 Å². The fraction of sp³-hybridized carbons (Fsp3) is 0.250. The molecule has 1 aliphatic carbocycles. The number of aromatic nitrogens is 3. The molecule has 0 bridgehead atoms. The molecule has 4 rings (SSSR count). The summed E-state index contributed by atoms with van der Waals surface area (Å²) in [6.07, 6.45) is 6.49. The molecule has 3 aromatic rings. The molecule has 1 saturated carbocycles. The molecule has 1 amide bonds. The van der Waals surface area contributed by atoms with Gasteiger partial charge in [-0.2, -0.15) is 5.10 Å². The first-order valence-corrected chi connectivity index (χ1v) is 8.54. The van der Waals surface area contributed by atoms with Crippen LogP contribution < -0.4 is 5.32 Å². The molecule has 0 aliphatic heterocycles. The summed E-state index contributed by atoms with van der Waals surface area (Å²) >= 11 is 0. The number of hydrogen-bond donors (Lipinski definition) is 1. The molecule has 0 saturated heterocycles. The predicted octanol–water partition coefficient (Wildman–Crippen LogP) is 3.21. The minimum absolute atomic E-state index is 0.139. The number of benzene rings is 1. The van der Waals surface area contributed by atoms with Crippen molar-refractivity contribution in [3.8, 4) is 16.9 Å². The fourth-order valence-electron chi connectivity index (χ4n) is 3.01. The van der Waals surface area contributed by atoms with Crippen molar-refractivity contribution >= 4 is 5.91 Å². The van der Waals surface area contributed by atoms with Crippen LogP contribution in [0.15, 0.2) is 61.1 Å². The Morgan fingerprint density at radius 1 is 1.20 bits per heavy atom. The Morgan fingerprint density at radius 3 is 2.60 bits per heavy atom. The van der Waals surface area contributed by atoms with Crippen LogP contribution in [0.1, 0.15) is 18.9 Å². The molecule has 5 heteroatoms. The fourth-order valence-corrected chi connectivity index (χ4v) is 3.01. The van der Waals surface area contributed by atoms with Crippen molar-refractivity contribution in [3.63, 3.8) is 0 Å². The number of nitrogens with one attached hydrogen (secondary N) is 1. The predicted molar refractivity (Wildman–Crippen MR) is 95.9 cm³/mol. The van der Waals surface area contributed by atoms with Gasteiger partial charge in [0, 0.05) is 42.2 Å². The molecule has 126 valence electrons. The molecule has 1 aliphatic rings. The van der Waals surface area contributed by atoms with E-state index in [1.165, 1.54) is 0 Å². The van der Waals surface area contributed by atoms with Crippen LogP contribution in [0.25, 0.3) is 16.9 Å². The van der Waals surface area contributed by atoms with E-state index in [-0.39, 0.29) is 11.8 Å². The van der Waals surface area contributed by atoms with Crippen LogP contribution in [-0.4, -0.2) is 20.7 Å². The van der Waals surface area contributed by atoms with Crippen molar-refractivity contribution in [2.45, 2.75) is 19.9 Å². The molecule has 25 heavy (non-hydrogen) atoms. The highest BCUT2D eigenvalue weighted by Crippen LogP contribution is 2.37. The summed E-state index contributed by atoms with van der Waals surface area (Å²) in [5.74, 6) is 0.820. The number of hydrogen-bond acceptors (Lipinski definition) is 3. The first-order valence-electron chi connectivity index (χ1n) is 8.54. The van der Waals surface area contributed by atoms with Gasteiger partial charge in [0.05, 0.1) is 11.4 Å². The lowest BCUT2D eigenvalue weighted by molar-refractivity contribution is -0.122. The highest BCUT2D eigenvalue weighted by atomic mass is 16.2. The van der Waals surface area contributed by atoms with Gasteiger partial charge in [0.15, 0.2) is 0 Å². The maximum atomic E-state index is 12.2. The molecule has 2 atom stereocenters. The standard InChI is InChI=1S/C20H20N4O/c1-14-11-18(14)20(25)22-12-16-13-24(17-5-3-2-4-6-17)23-19(16)15-7-9-21-10-8-15/h2-10,13-14,18H,11-12H2,1H3,(H,22,25). The van der Waals surface area contributed by atoms with Crippen molar-refractivity contribution in [2.24, 2.45) is 11.8 Å². The minimum atomic E-state index is 0.139. The minimum Gasteiger partial charge on any atom is -0.352 e. The molecule has 0 radical (unpaired) electrons. The van der Waals surface area contributed by atoms with Gasteiger partial charge in [0.1, 0.15) is 0 Å². The summed E-state index contributed by atoms with van der Waals surface area (Å²) in [6, 6.07) is 13.8. The van der Waals surface area contributed by atoms with Crippen LogP contribution in [0, 0.1) is 11.8 Å². The lowest BCUT2D eigenvalue weighted by atomic mass is 10.1. The van der Waals surface area contributed by atoms with Crippen LogP contribution in [0.5, 0.6) is 0 Å². The number of amides is 1. The third-order valence-corrected chi connectivity index (χ3v) is 4.66. The number of rotatable bonds is 5. The van der Waals surface area contributed by atoms with Crippen LogP contribution in [0.2, 0.25) is 0 Å². The SMILES string of the molecule is CC1CC1C(=O)NCc1cn(-c2ccccc2)nc1-c1ccncc1. The van der Waals surface area contributed by atoms with E-state index >= 15 is 0 Å². The molecule has 1 N–H and O–H groups in total. The zero-order valence-electron chi connectivity index (χ0n) is 14.1. The van der Waals surface area contributed by atoms with Gasteiger partial charge in [0.2, 0.25) is 5.91 Å². The topological polar surface area (TPSA) is 59.8 Å². The third-order valence-electron chi connectivity index (χ3n) is 4.66. The molecule has 5 nitrogen and oxygen atoms in total. The maximum Gasteiger partial charge on any atom is 0.223 e. The van der Waals surface area contributed by atoms with Gasteiger partial charge in [-0.25, -0.2) is 4.68 Å². The van der Waals surface area contributed by atoms with E-state index in [0.717, 1.165) is 28.9 Å². The molecule has 2 heterocycles. The van der Waals surface area contributed by atoms with Crippen molar-refractivity contribution < 1.29 is 4.79 Å². The van der Waals surface area contributed by atoms with Gasteiger partial charge in [-0.1, -0.05) is 25.1 Å². The molecular formula is C20H20N4O. The Balaban J connectivity index is 1.63. The number of carbonyl (C=O) groups excluding carboxylic acids is 1. The first kappa shape index (κ1) is 15.6. The van der Waals surface area contributed by atoms with Gasteiger partial charge in [-0.05, 0) is 36.6 Å². The van der Waals surface area contributed by atoms with Crippen LogP contribution in [-0.2, 0) is 11.3 Å². The van der Waals surface area contributed by atoms with E-state index < -0.39 is 0 Å². The number of carbonyl (C=O) groups is 1. The molecule has 2 aromatic heterocycles. The lowest BCUT2D eigenvalue weighted by Gasteiger charge is -2.05. The quantitative estimate of drug-likeness (QED) is 0.780. The van der Waals surface area contributed by atoms with Gasteiger partial charge in [-0.15, -0.1) is 0 Å². The zero-order chi connectivity index (χ0) is 17.2. The largest absolute Gasteiger partial charge is 0.352 e. The van der Waals surface area contributed by atoms with E-state index in [9.17, 15) is 4.79 Å². The normalized spacial score (nSPS) is 18.8. The maximum absolute atomic E-state index is 12.2. The molecule has 1 fully saturated rings. The van der Waals surface area contributed by atoms with Crippen LogP contribution in [0.3, 0.4) is 0 Å². The Hall–Kier alpha value is -2.95. The summed E-state index contributed by atoms with van der Waals surface area (Å²) in [7, 11) is 0. The second-order valence-corrected chi connectivity index (χ2v) is 6.56.